The fraction of sp³-hybridized carbons (Fsp3) is 0.571. The van der Waals surface area contributed by atoms with Crippen molar-refractivity contribution in [2.24, 2.45) is 5.92 Å². The van der Waals surface area contributed by atoms with Gasteiger partial charge in [0, 0.05) is 4.47 Å². The molecule has 0 saturated heterocycles. The van der Waals surface area contributed by atoms with Gasteiger partial charge in [-0.05, 0) is 50.0 Å². The predicted octanol–water partition coefficient (Wildman–Crippen LogP) is 4.02. The van der Waals surface area contributed by atoms with Crippen LogP contribution in [-0.2, 0) is 6.42 Å². The summed E-state index contributed by atoms with van der Waals surface area (Å²) in [5.41, 5.74) is 1.44. The van der Waals surface area contributed by atoms with E-state index in [0.717, 1.165) is 12.5 Å². The van der Waals surface area contributed by atoms with Gasteiger partial charge in [0.25, 0.3) is 0 Å². The molecule has 90 valence electrons. The summed E-state index contributed by atoms with van der Waals surface area (Å²) in [7, 11) is 2.04. The minimum absolute atomic E-state index is 0.763. The Hall–Kier alpha value is -0.340. The molecule has 2 heteroatoms. The molecule has 1 atom stereocenters. The highest BCUT2D eigenvalue weighted by Gasteiger charge is 2.08. The molecule has 0 saturated carbocycles. The van der Waals surface area contributed by atoms with Gasteiger partial charge in [0.15, 0.2) is 0 Å². The van der Waals surface area contributed by atoms with Crippen molar-refractivity contribution in [3.05, 3.63) is 34.3 Å². The third-order valence-corrected chi connectivity index (χ3v) is 3.37. The van der Waals surface area contributed by atoms with Gasteiger partial charge in [-0.2, -0.15) is 0 Å². The summed E-state index contributed by atoms with van der Waals surface area (Å²) in [6.07, 6.45) is 5.13. The smallest absolute Gasteiger partial charge is 0.0177 e. The second-order valence-corrected chi connectivity index (χ2v) is 5.32. The van der Waals surface area contributed by atoms with Crippen LogP contribution < -0.4 is 5.32 Å². The highest BCUT2D eigenvalue weighted by molar-refractivity contribution is 9.10. The van der Waals surface area contributed by atoms with Gasteiger partial charge in [-0.15, -0.1) is 0 Å². The van der Waals surface area contributed by atoms with E-state index >= 15 is 0 Å². The van der Waals surface area contributed by atoms with Gasteiger partial charge in [-0.3, -0.25) is 0 Å². The average Bonchev–Trinajstić information content (AvgIpc) is 2.26. The zero-order valence-electron chi connectivity index (χ0n) is 10.3. The highest BCUT2D eigenvalue weighted by Crippen LogP contribution is 2.18. The topological polar surface area (TPSA) is 12.0 Å². The third kappa shape index (κ3) is 5.13. The van der Waals surface area contributed by atoms with Crippen molar-refractivity contribution in [1.82, 2.24) is 5.32 Å². The minimum atomic E-state index is 0.763. The molecular formula is C14H22BrN. The quantitative estimate of drug-likeness (QED) is 0.797. The molecule has 0 aliphatic rings. The lowest BCUT2D eigenvalue weighted by molar-refractivity contribution is 0.444. The van der Waals surface area contributed by atoms with E-state index in [1.54, 1.807) is 0 Å². The van der Waals surface area contributed by atoms with Gasteiger partial charge in [-0.1, -0.05) is 47.8 Å². The van der Waals surface area contributed by atoms with E-state index in [-0.39, 0.29) is 0 Å². The lowest BCUT2D eigenvalue weighted by Gasteiger charge is -2.16. The molecule has 0 fully saturated rings. The first-order valence-corrected chi connectivity index (χ1v) is 6.94. The van der Waals surface area contributed by atoms with Crippen LogP contribution in [0.1, 0.15) is 31.7 Å². The number of hydrogen-bond donors (Lipinski definition) is 1. The van der Waals surface area contributed by atoms with E-state index in [2.05, 4.69) is 52.4 Å². The molecule has 0 heterocycles. The van der Waals surface area contributed by atoms with Crippen LogP contribution in [0.2, 0.25) is 0 Å². The predicted molar refractivity (Wildman–Crippen MR) is 74.8 cm³/mol. The van der Waals surface area contributed by atoms with E-state index in [0.29, 0.717) is 0 Å². The van der Waals surface area contributed by atoms with Crippen LogP contribution in [0.15, 0.2) is 28.7 Å². The van der Waals surface area contributed by atoms with Gasteiger partial charge in [0.1, 0.15) is 0 Å². The van der Waals surface area contributed by atoms with E-state index in [1.807, 2.05) is 7.05 Å². The summed E-state index contributed by atoms with van der Waals surface area (Å²) >= 11 is 3.53. The Morgan fingerprint density at radius 1 is 1.38 bits per heavy atom. The monoisotopic (exact) mass is 283 g/mol. The fourth-order valence-electron chi connectivity index (χ4n) is 2.06. The van der Waals surface area contributed by atoms with Crippen molar-refractivity contribution in [3.63, 3.8) is 0 Å². The van der Waals surface area contributed by atoms with Crippen LogP contribution in [0.4, 0.5) is 0 Å². The molecule has 0 aromatic heterocycles. The largest absolute Gasteiger partial charge is 0.319 e. The molecule has 1 unspecified atom stereocenters. The zero-order chi connectivity index (χ0) is 11.8. The fourth-order valence-corrected chi connectivity index (χ4v) is 2.50. The molecule has 1 aromatic rings. The third-order valence-electron chi connectivity index (χ3n) is 2.87. The summed E-state index contributed by atoms with van der Waals surface area (Å²) in [6, 6.07) is 8.66. The first kappa shape index (κ1) is 13.7. The summed E-state index contributed by atoms with van der Waals surface area (Å²) in [4.78, 5) is 0. The molecule has 1 rings (SSSR count). The Labute approximate surface area is 108 Å². The molecule has 0 bridgehead atoms. The maximum Gasteiger partial charge on any atom is 0.0177 e. The van der Waals surface area contributed by atoms with Crippen molar-refractivity contribution in [2.75, 3.05) is 13.6 Å². The molecule has 0 aliphatic heterocycles. The van der Waals surface area contributed by atoms with Gasteiger partial charge in [-0.25, -0.2) is 0 Å². The summed E-state index contributed by atoms with van der Waals surface area (Å²) in [6.45, 7) is 3.38. The Morgan fingerprint density at radius 2 is 2.19 bits per heavy atom. The number of nitrogens with one attached hydrogen (secondary N) is 1. The Kier molecular flexibility index (Phi) is 6.74. The number of halogens is 1. The van der Waals surface area contributed by atoms with Crippen molar-refractivity contribution in [1.29, 1.82) is 0 Å². The van der Waals surface area contributed by atoms with E-state index in [4.69, 9.17) is 0 Å². The molecule has 0 aliphatic carbocycles. The van der Waals surface area contributed by atoms with E-state index in [1.165, 1.54) is 35.7 Å². The minimum Gasteiger partial charge on any atom is -0.319 e. The van der Waals surface area contributed by atoms with Crippen molar-refractivity contribution >= 4 is 15.9 Å². The number of rotatable bonds is 7. The summed E-state index contributed by atoms with van der Waals surface area (Å²) in [5, 5.41) is 3.30. The van der Waals surface area contributed by atoms with Gasteiger partial charge >= 0.3 is 0 Å². The Bertz CT molecular complexity index is 299. The van der Waals surface area contributed by atoms with Crippen LogP contribution in [0.3, 0.4) is 0 Å². The Balaban J connectivity index is 2.52. The molecule has 16 heavy (non-hydrogen) atoms. The van der Waals surface area contributed by atoms with Gasteiger partial charge in [0.05, 0.1) is 0 Å². The average molecular weight is 284 g/mol. The van der Waals surface area contributed by atoms with Crippen molar-refractivity contribution < 1.29 is 0 Å². The zero-order valence-corrected chi connectivity index (χ0v) is 11.9. The van der Waals surface area contributed by atoms with Gasteiger partial charge in [0.2, 0.25) is 0 Å². The first-order chi connectivity index (χ1) is 7.76. The lowest BCUT2D eigenvalue weighted by Crippen LogP contribution is -2.20. The molecule has 0 radical (unpaired) electrons. The lowest BCUT2D eigenvalue weighted by atomic mass is 9.94. The molecule has 0 spiro atoms. The maximum atomic E-state index is 3.53. The normalized spacial score (nSPS) is 12.7. The van der Waals surface area contributed by atoms with E-state index < -0.39 is 0 Å². The van der Waals surface area contributed by atoms with Gasteiger partial charge < -0.3 is 5.32 Å². The molecule has 1 nitrogen and oxygen atoms in total. The number of benzene rings is 1. The first-order valence-electron chi connectivity index (χ1n) is 6.15. The summed E-state index contributed by atoms with van der Waals surface area (Å²) in [5.74, 6) is 0.763. The molecule has 0 amide bonds. The Morgan fingerprint density at radius 3 is 2.81 bits per heavy atom. The van der Waals surface area contributed by atoms with Crippen LogP contribution in [0.25, 0.3) is 0 Å². The highest BCUT2D eigenvalue weighted by atomic mass is 79.9. The van der Waals surface area contributed by atoms with E-state index in [9.17, 15) is 0 Å². The standard InChI is InChI=1S/C14H22BrN/c1-3-4-6-13(11-16-2)9-12-7-5-8-14(15)10-12/h5,7-8,10,13,16H,3-4,6,9,11H2,1-2H3. The second kappa shape index (κ2) is 7.86. The van der Waals surface area contributed by atoms with Crippen molar-refractivity contribution in [3.8, 4) is 0 Å². The second-order valence-electron chi connectivity index (χ2n) is 4.40. The summed E-state index contributed by atoms with van der Waals surface area (Å²) < 4.78 is 1.18. The molecule has 1 aromatic carbocycles. The van der Waals surface area contributed by atoms with Crippen LogP contribution in [-0.4, -0.2) is 13.6 Å². The number of hydrogen-bond acceptors (Lipinski definition) is 1. The number of unbranched alkanes of at least 4 members (excludes halogenated alkanes) is 1. The molecule has 1 N–H and O–H groups in total. The molecular weight excluding hydrogens is 262 g/mol. The SMILES string of the molecule is CCCCC(CNC)Cc1cccc(Br)c1. The maximum absolute atomic E-state index is 3.53. The van der Waals surface area contributed by atoms with Crippen LogP contribution >= 0.6 is 15.9 Å². The van der Waals surface area contributed by atoms with Crippen LogP contribution in [0.5, 0.6) is 0 Å². The van der Waals surface area contributed by atoms with Crippen molar-refractivity contribution in [2.45, 2.75) is 32.6 Å². The van der Waals surface area contributed by atoms with Crippen LogP contribution in [0, 0.1) is 5.92 Å².